The van der Waals surface area contributed by atoms with Gasteiger partial charge in [0.25, 0.3) is 17.0 Å². The molecule has 0 bridgehead atoms. The first-order chi connectivity index (χ1) is 43.6. The lowest BCUT2D eigenvalue weighted by atomic mass is 10.2. The Morgan fingerprint density at radius 2 is 1.02 bits per heavy atom. The second-order valence-corrected chi connectivity index (χ2v) is 25.3. The van der Waals surface area contributed by atoms with E-state index in [0.29, 0.717) is 72.9 Å². The predicted molar refractivity (Wildman–Crippen MR) is 354 cm³/mol. The molecular weight excluding hydrogens is 1190 g/mol. The number of nitrogens with zero attached hydrogens (tertiary/aromatic N) is 7. The number of carbonyl (C=O) groups is 4. The van der Waals surface area contributed by atoms with Crippen LogP contribution < -0.4 is 41.0 Å². The third kappa shape index (κ3) is 16.8. The summed E-state index contributed by atoms with van der Waals surface area (Å²) in [6.45, 7) is 11.1. The highest BCUT2D eigenvalue weighted by Crippen LogP contribution is 2.33. The molecule has 0 unspecified atom stereocenters. The first-order valence-electron chi connectivity index (χ1n) is 30.8. The lowest BCUT2D eigenvalue weighted by molar-refractivity contribution is -0.148. The number of esters is 2. The van der Waals surface area contributed by atoms with E-state index < -0.39 is 11.9 Å². The molecule has 89 heavy (non-hydrogen) atoms. The predicted octanol–water partition coefficient (Wildman–Crippen LogP) is 11.0. The monoisotopic (exact) mass is 1260 g/mol. The number of thiophene rings is 2. The Hall–Kier alpha value is -8.15. The number of hydrogen-bond acceptors (Lipinski definition) is 18. The number of fused-ring (bicyclic) bond motifs is 4. The van der Waals surface area contributed by atoms with E-state index in [9.17, 15) is 28.8 Å². The molecule has 466 valence electrons. The third-order valence-corrected chi connectivity index (χ3v) is 19.1. The van der Waals surface area contributed by atoms with Crippen molar-refractivity contribution in [3.63, 3.8) is 0 Å². The van der Waals surface area contributed by atoms with Crippen molar-refractivity contribution >= 4 is 116 Å². The van der Waals surface area contributed by atoms with Gasteiger partial charge in [0.05, 0.1) is 30.4 Å². The molecule has 2 N–H and O–H groups in total. The Labute approximate surface area is 528 Å². The van der Waals surface area contributed by atoms with E-state index in [4.69, 9.17) is 18.9 Å². The van der Waals surface area contributed by atoms with Gasteiger partial charge in [-0.3, -0.25) is 47.7 Å². The summed E-state index contributed by atoms with van der Waals surface area (Å²) in [6, 6.07) is 35.1. The highest BCUT2D eigenvalue weighted by atomic mass is 32.1. The Balaban J connectivity index is 0.522. The molecule has 0 atom stereocenters. The molecule has 2 aliphatic rings. The van der Waals surface area contributed by atoms with E-state index >= 15 is 0 Å². The highest BCUT2D eigenvalue weighted by Gasteiger charge is 2.21. The maximum Gasteiger partial charge on any atom is 0.307 e. The standard InChI is InChI=1S/C67H75N9O10S3/c77-61(15-1-2-16-64(80)85-46-75-56-43-50(22-18-48(56)20-24-62(75)78)83-39-7-5-29-71-31-35-73(36-32-71)54-11-9-13-58-52(54)26-41-87-58)70-67-69-45-60(89-67)66(82)68-28-4-3-17-65(81)86-47-76-57-44-51(23-19-49(57)21-25-63(76)79)84-40-8-6-30-72-33-37-74(38-34-72)55-12-10-14-59-53(55)27-42-88-59/h9-14,18-27,41-45H,1-8,15-17,28-40,46-47H2,(H,68,82)(H,69,70,77). The number of hydrogen-bond donors (Lipinski definition) is 2. The molecule has 2 aliphatic heterocycles. The van der Waals surface area contributed by atoms with E-state index in [0.717, 1.165) is 113 Å². The number of carbonyl (C=O) groups excluding carboxylic acids is 4. The molecular formula is C67H75N9O10S3. The van der Waals surface area contributed by atoms with Crippen molar-refractivity contribution in [2.24, 2.45) is 0 Å². The third-order valence-electron chi connectivity index (χ3n) is 16.4. The molecule has 22 heteroatoms. The SMILES string of the molecule is O=C(CCCCC(=O)OCn1c(=O)ccc2ccc(OCCCCN3CCN(c4cccc5sccc45)CC3)cc21)Nc1ncc(C(=O)NCCCCC(=O)OCn2c(=O)ccc3ccc(OCCCCN4CCN(c5cccc6sccc56)CC4)cc32)s1. The quantitative estimate of drug-likeness (QED) is 0.0318. The van der Waals surface area contributed by atoms with Crippen LogP contribution in [0.4, 0.5) is 16.5 Å². The van der Waals surface area contributed by atoms with Gasteiger partial charge in [-0.05, 0) is 159 Å². The smallest absolute Gasteiger partial charge is 0.307 e. The number of amides is 2. The van der Waals surface area contributed by atoms with Crippen molar-refractivity contribution in [3.8, 4) is 11.5 Å². The number of ether oxygens (including phenoxy) is 4. The first-order valence-corrected chi connectivity index (χ1v) is 33.4. The maximum atomic E-state index is 13.0. The molecule has 0 radical (unpaired) electrons. The number of unbranched alkanes of at least 4 members (excludes halogenated alkanes) is 4. The van der Waals surface area contributed by atoms with Gasteiger partial charge in [-0.2, -0.15) is 0 Å². The van der Waals surface area contributed by atoms with Crippen LogP contribution in [-0.2, 0) is 37.3 Å². The fourth-order valence-corrected chi connectivity index (χ4v) is 13.8. The average Bonchev–Trinajstić information content (AvgIpc) is 2.91. The summed E-state index contributed by atoms with van der Waals surface area (Å²) in [6.07, 6.45) is 7.22. The van der Waals surface area contributed by atoms with Crippen molar-refractivity contribution in [2.45, 2.75) is 84.1 Å². The van der Waals surface area contributed by atoms with Gasteiger partial charge in [0.15, 0.2) is 18.6 Å². The van der Waals surface area contributed by atoms with Crippen LogP contribution in [0.1, 0.15) is 80.3 Å². The normalized spacial score (nSPS) is 14.0. The molecule has 2 saturated heterocycles. The topological polar surface area (TPSA) is 199 Å². The number of piperazine rings is 2. The van der Waals surface area contributed by atoms with Crippen molar-refractivity contribution < 1.29 is 38.1 Å². The Morgan fingerprint density at radius 1 is 0.528 bits per heavy atom. The van der Waals surface area contributed by atoms with Gasteiger partial charge in [-0.1, -0.05) is 23.5 Å². The van der Waals surface area contributed by atoms with Crippen LogP contribution >= 0.6 is 34.0 Å². The Kier molecular flexibility index (Phi) is 21.7. The van der Waals surface area contributed by atoms with Crippen molar-refractivity contribution in [3.05, 3.63) is 152 Å². The maximum absolute atomic E-state index is 13.0. The first kappa shape index (κ1) is 62.5. The molecule has 2 amide bonds. The van der Waals surface area contributed by atoms with Crippen LogP contribution in [0.15, 0.2) is 136 Å². The zero-order valence-electron chi connectivity index (χ0n) is 49.9. The van der Waals surface area contributed by atoms with Crippen LogP contribution in [0.5, 0.6) is 11.5 Å². The molecule has 2 fully saturated rings. The van der Waals surface area contributed by atoms with Gasteiger partial charge >= 0.3 is 11.9 Å². The van der Waals surface area contributed by atoms with Gasteiger partial charge in [0.2, 0.25) is 5.91 Å². The van der Waals surface area contributed by atoms with E-state index in [1.54, 1.807) is 34.8 Å². The lowest BCUT2D eigenvalue weighted by Gasteiger charge is -2.36. The molecule has 19 nitrogen and oxygen atoms in total. The van der Waals surface area contributed by atoms with Crippen molar-refractivity contribution in [1.29, 1.82) is 0 Å². The lowest BCUT2D eigenvalue weighted by Crippen LogP contribution is -2.46. The van der Waals surface area contributed by atoms with Crippen LogP contribution in [0.3, 0.4) is 0 Å². The van der Waals surface area contributed by atoms with Crippen molar-refractivity contribution in [2.75, 3.05) is 100 Å². The molecule has 5 aromatic heterocycles. The molecule has 11 rings (SSSR count). The summed E-state index contributed by atoms with van der Waals surface area (Å²) in [5, 5.41) is 14.4. The minimum Gasteiger partial charge on any atom is -0.494 e. The van der Waals surface area contributed by atoms with E-state index in [2.05, 4.69) is 94.5 Å². The number of rotatable bonds is 30. The second-order valence-electron chi connectivity index (χ2n) is 22.4. The zero-order valence-corrected chi connectivity index (χ0v) is 52.4. The number of pyridine rings is 2. The number of benzene rings is 4. The molecule has 9 aromatic rings. The van der Waals surface area contributed by atoms with Crippen LogP contribution in [0, 0.1) is 0 Å². The van der Waals surface area contributed by atoms with E-state index in [-0.39, 0.29) is 60.8 Å². The van der Waals surface area contributed by atoms with Gasteiger partial charge in [0, 0.05) is 134 Å². The summed E-state index contributed by atoms with van der Waals surface area (Å²) >= 11 is 4.61. The Bertz CT molecular complexity index is 4010. The highest BCUT2D eigenvalue weighted by molar-refractivity contribution is 7.18. The van der Waals surface area contributed by atoms with Crippen LogP contribution in [0.25, 0.3) is 42.0 Å². The fraction of sp³-hybridized carbons (Fsp3) is 0.388. The second kappa shape index (κ2) is 30.9. The minimum absolute atomic E-state index is 0.0600. The molecule has 0 saturated carbocycles. The largest absolute Gasteiger partial charge is 0.494 e. The van der Waals surface area contributed by atoms with Gasteiger partial charge in [-0.25, -0.2) is 4.98 Å². The van der Waals surface area contributed by atoms with E-state index in [1.807, 2.05) is 36.4 Å². The molecule has 0 aliphatic carbocycles. The molecule has 0 spiro atoms. The number of thiazole rings is 1. The minimum atomic E-state index is -0.491. The summed E-state index contributed by atoms with van der Waals surface area (Å²) < 4.78 is 28.8. The number of nitrogens with one attached hydrogen (secondary N) is 2. The Morgan fingerprint density at radius 3 is 1.55 bits per heavy atom. The van der Waals surface area contributed by atoms with Gasteiger partial charge < -0.3 is 39.4 Å². The van der Waals surface area contributed by atoms with E-state index in [1.165, 1.54) is 59.0 Å². The molecule has 4 aromatic carbocycles. The summed E-state index contributed by atoms with van der Waals surface area (Å²) in [7, 11) is 0. The van der Waals surface area contributed by atoms with Crippen LogP contribution in [-0.4, -0.2) is 133 Å². The van der Waals surface area contributed by atoms with Gasteiger partial charge in [-0.15, -0.1) is 22.7 Å². The zero-order chi connectivity index (χ0) is 61.3. The summed E-state index contributed by atoms with van der Waals surface area (Å²) in [5.41, 5.74) is 3.26. The molecule has 7 heterocycles. The van der Waals surface area contributed by atoms with Crippen molar-refractivity contribution in [1.82, 2.24) is 29.2 Å². The van der Waals surface area contributed by atoms with Gasteiger partial charge in [0.1, 0.15) is 16.4 Å². The average molecular weight is 1260 g/mol. The number of anilines is 3. The van der Waals surface area contributed by atoms with Crippen LogP contribution in [0.2, 0.25) is 0 Å². The summed E-state index contributed by atoms with van der Waals surface area (Å²) in [4.78, 5) is 91.7. The summed E-state index contributed by atoms with van der Waals surface area (Å²) in [5.74, 6) is -0.348. The fourth-order valence-electron chi connectivity index (χ4n) is 11.4. The number of aromatic nitrogens is 3.